The molecule has 2 N–H and O–H groups in total. The quantitative estimate of drug-likeness (QED) is 0.926. The molecule has 1 fully saturated rings. The van der Waals surface area contributed by atoms with E-state index in [1.807, 2.05) is 12.1 Å². The Balaban J connectivity index is 1.69. The summed E-state index contributed by atoms with van der Waals surface area (Å²) in [5, 5.41) is 4.06. The molecule has 21 heavy (non-hydrogen) atoms. The molecule has 0 radical (unpaired) electrons. The van der Waals surface area contributed by atoms with Crippen LogP contribution in [0.4, 0.5) is 0 Å². The van der Waals surface area contributed by atoms with Crippen LogP contribution < -0.4 is 10.5 Å². The van der Waals surface area contributed by atoms with Crippen LogP contribution in [0.25, 0.3) is 0 Å². The van der Waals surface area contributed by atoms with Crippen LogP contribution in [0.15, 0.2) is 22.9 Å². The Labute approximate surface area is 123 Å². The first kappa shape index (κ1) is 14.0. The number of nitrogens with zero attached hydrogens (tertiary/aromatic N) is 3. The van der Waals surface area contributed by atoms with E-state index >= 15 is 0 Å². The first-order chi connectivity index (χ1) is 10.3. The summed E-state index contributed by atoms with van der Waals surface area (Å²) >= 11 is 0. The minimum Gasteiger partial charge on any atom is -0.481 e. The Morgan fingerprint density at radius 3 is 2.90 bits per heavy atom. The van der Waals surface area contributed by atoms with Gasteiger partial charge in [0.2, 0.25) is 11.8 Å². The Morgan fingerprint density at radius 1 is 1.33 bits per heavy atom. The number of hydrogen-bond donors (Lipinski definition) is 1. The van der Waals surface area contributed by atoms with Gasteiger partial charge in [-0.05, 0) is 18.4 Å². The maximum atomic E-state index is 6.15. The molecule has 0 saturated heterocycles. The summed E-state index contributed by atoms with van der Waals surface area (Å²) < 4.78 is 10.4. The van der Waals surface area contributed by atoms with Crippen LogP contribution >= 0.6 is 0 Å². The van der Waals surface area contributed by atoms with Gasteiger partial charge in [-0.2, -0.15) is 4.98 Å². The molecule has 2 atom stereocenters. The topological polar surface area (TPSA) is 87.1 Å². The number of methoxy groups -OCH3 is 1. The maximum Gasteiger partial charge on any atom is 0.231 e. The van der Waals surface area contributed by atoms with Crippen LogP contribution in [0, 0.1) is 0 Å². The van der Waals surface area contributed by atoms with Crippen LogP contribution in [-0.4, -0.2) is 28.3 Å². The summed E-state index contributed by atoms with van der Waals surface area (Å²) in [6.07, 6.45) is 6.80. The Bertz CT molecular complexity index is 582. The molecular formula is C15H20N4O2. The number of aromatic nitrogens is 3. The van der Waals surface area contributed by atoms with E-state index < -0.39 is 0 Å². The standard InChI is InChI=1S/C15H20N4O2/c1-20-14-7-6-10(9-17-14)8-13-18-15(21-19-13)11-4-2-3-5-12(11)16/h6-7,9,11-12H,2-5,8,16H2,1H3. The van der Waals surface area contributed by atoms with Gasteiger partial charge in [-0.25, -0.2) is 4.98 Å². The van der Waals surface area contributed by atoms with Crippen LogP contribution in [0.2, 0.25) is 0 Å². The fourth-order valence-corrected chi connectivity index (χ4v) is 2.77. The number of nitrogens with two attached hydrogens (primary N) is 1. The summed E-state index contributed by atoms with van der Waals surface area (Å²) in [6.45, 7) is 0. The summed E-state index contributed by atoms with van der Waals surface area (Å²) in [5.41, 5.74) is 7.18. The number of rotatable bonds is 4. The fourth-order valence-electron chi connectivity index (χ4n) is 2.77. The van der Waals surface area contributed by atoms with Gasteiger partial charge in [0.25, 0.3) is 0 Å². The molecule has 0 amide bonds. The zero-order valence-electron chi connectivity index (χ0n) is 12.2. The SMILES string of the molecule is COc1ccc(Cc2noc(C3CCCCC3N)n2)cn1. The van der Waals surface area contributed by atoms with Gasteiger partial charge >= 0.3 is 0 Å². The van der Waals surface area contributed by atoms with Crippen LogP contribution in [0.3, 0.4) is 0 Å². The van der Waals surface area contributed by atoms with E-state index in [0.717, 1.165) is 18.4 Å². The molecule has 1 saturated carbocycles. The smallest absolute Gasteiger partial charge is 0.231 e. The third-order valence-electron chi connectivity index (χ3n) is 3.99. The third kappa shape index (κ3) is 3.21. The van der Waals surface area contributed by atoms with E-state index in [1.165, 1.54) is 12.8 Å². The fraction of sp³-hybridized carbons (Fsp3) is 0.533. The van der Waals surface area contributed by atoms with Crippen molar-refractivity contribution in [1.29, 1.82) is 0 Å². The van der Waals surface area contributed by atoms with Gasteiger partial charge in [-0.3, -0.25) is 0 Å². The molecule has 2 aromatic heterocycles. The van der Waals surface area contributed by atoms with E-state index in [0.29, 0.717) is 24.0 Å². The van der Waals surface area contributed by atoms with Crippen molar-refractivity contribution in [2.45, 2.75) is 44.1 Å². The zero-order valence-corrected chi connectivity index (χ0v) is 12.2. The lowest BCUT2D eigenvalue weighted by Gasteiger charge is -2.25. The van der Waals surface area contributed by atoms with Crippen molar-refractivity contribution in [3.63, 3.8) is 0 Å². The monoisotopic (exact) mass is 288 g/mol. The highest BCUT2D eigenvalue weighted by Crippen LogP contribution is 2.30. The molecule has 1 aliphatic carbocycles. The summed E-state index contributed by atoms with van der Waals surface area (Å²) in [6, 6.07) is 3.91. The first-order valence-electron chi connectivity index (χ1n) is 7.33. The molecule has 2 unspecified atom stereocenters. The van der Waals surface area contributed by atoms with Gasteiger partial charge in [0, 0.05) is 24.7 Å². The van der Waals surface area contributed by atoms with Crippen LogP contribution in [-0.2, 0) is 6.42 Å². The van der Waals surface area contributed by atoms with Crippen molar-refractivity contribution in [2.24, 2.45) is 5.73 Å². The maximum absolute atomic E-state index is 6.15. The first-order valence-corrected chi connectivity index (χ1v) is 7.33. The summed E-state index contributed by atoms with van der Waals surface area (Å²) in [5.74, 6) is 2.16. The predicted octanol–water partition coefficient (Wildman–Crippen LogP) is 2.05. The second kappa shape index (κ2) is 6.22. The number of ether oxygens (including phenoxy) is 1. The van der Waals surface area contributed by atoms with E-state index in [-0.39, 0.29) is 12.0 Å². The minimum absolute atomic E-state index is 0.134. The molecule has 112 valence electrons. The highest BCUT2D eigenvalue weighted by Gasteiger charge is 2.28. The van der Waals surface area contributed by atoms with Gasteiger partial charge in [0.15, 0.2) is 5.82 Å². The molecule has 6 heteroatoms. The molecule has 2 aromatic rings. The molecule has 0 spiro atoms. The van der Waals surface area contributed by atoms with E-state index in [4.69, 9.17) is 15.0 Å². The lowest BCUT2D eigenvalue weighted by atomic mass is 9.85. The van der Waals surface area contributed by atoms with Gasteiger partial charge in [-0.15, -0.1) is 0 Å². The van der Waals surface area contributed by atoms with Gasteiger partial charge in [-0.1, -0.05) is 24.1 Å². The largest absolute Gasteiger partial charge is 0.481 e. The predicted molar refractivity (Wildman–Crippen MR) is 77.1 cm³/mol. The van der Waals surface area contributed by atoms with Gasteiger partial charge in [0.05, 0.1) is 13.0 Å². The lowest BCUT2D eigenvalue weighted by Crippen LogP contribution is -2.31. The highest BCUT2D eigenvalue weighted by molar-refractivity contribution is 5.20. The molecule has 0 aliphatic heterocycles. The average molecular weight is 288 g/mol. The third-order valence-corrected chi connectivity index (χ3v) is 3.99. The van der Waals surface area contributed by atoms with Crippen molar-refractivity contribution in [3.05, 3.63) is 35.6 Å². The Hall–Kier alpha value is -1.95. The number of hydrogen-bond acceptors (Lipinski definition) is 6. The Morgan fingerprint density at radius 2 is 2.19 bits per heavy atom. The second-order valence-electron chi connectivity index (χ2n) is 5.49. The molecule has 0 aromatic carbocycles. The van der Waals surface area contributed by atoms with Crippen molar-refractivity contribution >= 4 is 0 Å². The lowest BCUT2D eigenvalue weighted by molar-refractivity contribution is 0.289. The summed E-state index contributed by atoms with van der Waals surface area (Å²) in [4.78, 5) is 8.68. The van der Waals surface area contributed by atoms with Gasteiger partial charge in [0.1, 0.15) is 0 Å². The van der Waals surface area contributed by atoms with Crippen molar-refractivity contribution in [3.8, 4) is 5.88 Å². The Kier molecular flexibility index (Phi) is 4.15. The van der Waals surface area contributed by atoms with Crippen LogP contribution in [0.5, 0.6) is 5.88 Å². The van der Waals surface area contributed by atoms with E-state index in [1.54, 1.807) is 13.3 Å². The van der Waals surface area contributed by atoms with Crippen molar-refractivity contribution < 1.29 is 9.26 Å². The normalized spacial score (nSPS) is 22.2. The number of pyridine rings is 1. The zero-order chi connectivity index (χ0) is 14.7. The van der Waals surface area contributed by atoms with Crippen molar-refractivity contribution in [1.82, 2.24) is 15.1 Å². The molecular weight excluding hydrogens is 268 g/mol. The molecule has 6 nitrogen and oxygen atoms in total. The minimum atomic E-state index is 0.134. The summed E-state index contributed by atoms with van der Waals surface area (Å²) in [7, 11) is 1.60. The average Bonchev–Trinajstić information content (AvgIpc) is 2.97. The molecule has 0 bridgehead atoms. The molecule has 3 rings (SSSR count). The highest BCUT2D eigenvalue weighted by atomic mass is 16.5. The molecule has 2 heterocycles. The van der Waals surface area contributed by atoms with Crippen LogP contribution in [0.1, 0.15) is 48.9 Å². The van der Waals surface area contributed by atoms with E-state index in [2.05, 4.69) is 15.1 Å². The second-order valence-corrected chi connectivity index (χ2v) is 5.49. The van der Waals surface area contributed by atoms with Crippen molar-refractivity contribution in [2.75, 3.05) is 7.11 Å². The van der Waals surface area contributed by atoms with Gasteiger partial charge < -0.3 is 15.0 Å². The van der Waals surface area contributed by atoms with E-state index in [9.17, 15) is 0 Å². The molecule has 1 aliphatic rings.